The predicted octanol–water partition coefficient (Wildman–Crippen LogP) is 5.56. The maximum Gasteiger partial charge on any atom is 0.319 e. The van der Waals surface area contributed by atoms with Gasteiger partial charge in [-0.3, -0.25) is 9.97 Å². The molecule has 32 heavy (non-hydrogen) atoms. The highest BCUT2D eigenvalue weighted by atomic mass is 16.5. The molecule has 0 radical (unpaired) electrons. The minimum absolute atomic E-state index is 0.167. The molecule has 7 heteroatoms. The second-order valence-electron chi connectivity index (χ2n) is 7.56. The molecule has 3 aromatic rings. The lowest BCUT2D eigenvalue weighted by Crippen LogP contribution is -2.28. The molecule has 0 saturated heterocycles. The third-order valence-electron chi connectivity index (χ3n) is 5.18. The van der Waals surface area contributed by atoms with Crippen molar-refractivity contribution in [1.82, 2.24) is 15.3 Å². The molecule has 3 rings (SSSR count). The number of aryl methyl sites for hydroxylation is 1. The second kappa shape index (κ2) is 11.1. The van der Waals surface area contributed by atoms with Crippen molar-refractivity contribution in [3.05, 3.63) is 66.1 Å². The van der Waals surface area contributed by atoms with E-state index in [1.807, 2.05) is 50.5 Å². The Balaban J connectivity index is 1.88. The first kappa shape index (κ1) is 23.1. The van der Waals surface area contributed by atoms with Gasteiger partial charge in [-0.2, -0.15) is 0 Å². The number of hydrogen-bond donors (Lipinski definition) is 3. The van der Waals surface area contributed by atoms with E-state index in [9.17, 15) is 4.79 Å². The van der Waals surface area contributed by atoms with E-state index in [1.165, 1.54) is 0 Å². The molecule has 0 aliphatic rings. The van der Waals surface area contributed by atoms with Crippen LogP contribution in [0.25, 0.3) is 11.3 Å². The van der Waals surface area contributed by atoms with E-state index in [4.69, 9.17) is 4.74 Å². The van der Waals surface area contributed by atoms with Crippen molar-refractivity contribution < 1.29 is 9.53 Å². The van der Waals surface area contributed by atoms with Crippen LogP contribution in [0.2, 0.25) is 0 Å². The highest BCUT2D eigenvalue weighted by Crippen LogP contribution is 2.33. The third kappa shape index (κ3) is 5.75. The Morgan fingerprint density at radius 3 is 2.66 bits per heavy atom. The number of ether oxygens (including phenoxy) is 1. The molecule has 168 valence electrons. The lowest BCUT2D eigenvalue weighted by atomic mass is 10.0. The number of urea groups is 1. The summed E-state index contributed by atoms with van der Waals surface area (Å²) >= 11 is 0. The Morgan fingerprint density at radius 1 is 1.12 bits per heavy atom. The maximum absolute atomic E-state index is 11.9. The second-order valence-corrected chi connectivity index (χ2v) is 7.56. The molecule has 7 nitrogen and oxygen atoms in total. The van der Waals surface area contributed by atoms with Gasteiger partial charge in [0.05, 0.1) is 24.5 Å². The lowest BCUT2D eigenvalue weighted by Gasteiger charge is -2.21. The summed E-state index contributed by atoms with van der Waals surface area (Å²) in [6, 6.07) is 11.7. The fourth-order valence-corrected chi connectivity index (χ4v) is 3.50. The van der Waals surface area contributed by atoms with Crippen LogP contribution in [0.15, 0.2) is 55.0 Å². The monoisotopic (exact) mass is 433 g/mol. The van der Waals surface area contributed by atoms with Gasteiger partial charge in [-0.25, -0.2) is 4.79 Å². The van der Waals surface area contributed by atoms with Crippen molar-refractivity contribution >= 4 is 17.4 Å². The van der Waals surface area contributed by atoms with E-state index in [1.54, 1.807) is 13.3 Å². The summed E-state index contributed by atoms with van der Waals surface area (Å²) in [4.78, 5) is 20.8. The first-order chi connectivity index (χ1) is 15.5. The zero-order chi connectivity index (χ0) is 22.9. The van der Waals surface area contributed by atoms with Crippen molar-refractivity contribution in [1.29, 1.82) is 0 Å². The molecule has 1 aromatic carbocycles. The van der Waals surface area contributed by atoms with Crippen LogP contribution >= 0.6 is 0 Å². The van der Waals surface area contributed by atoms with Gasteiger partial charge in [0.25, 0.3) is 0 Å². The lowest BCUT2D eigenvalue weighted by molar-refractivity contribution is 0.252. The maximum atomic E-state index is 11.9. The third-order valence-corrected chi connectivity index (χ3v) is 5.18. The predicted molar refractivity (Wildman–Crippen MR) is 129 cm³/mol. The zero-order valence-electron chi connectivity index (χ0n) is 19.1. The van der Waals surface area contributed by atoms with Crippen LogP contribution in [0.3, 0.4) is 0 Å². The topological polar surface area (TPSA) is 88.2 Å². The van der Waals surface area contributed by atoms with Crippen molar-refractivity contribution in [3.63, 3.8) is 0 Å². The molecule has 2 heterocycles. The molecule has 0 saturated carbocycles. The van der Waals surface area contributed by atoms with Crippen LogP contribution in [0.5, 0.6) is 5.75 Å². The van der Waals surface area contributed by atoms with E-state index in [2.05, 4.69) is 45.0 Å². The Bertz CT molecular complexity index is 1040. The number of anilines is 2. The number of carbonyl (C=O) groups excluding carboxylic acids is 1. The number of amides is 2. The summed E-state index contributed by atoms with van der Waals surface area (Å²) in [7, 11) is 1.58. The van der Waals surface area contributed by atoms with E-state index in [0.717, 1.165) is 40.9 Å². The molecule has 1 atom stereocenters. The van der Waals surface area contributed by atoms with E-state index in [-0.39, 0.29) is 12.1 Å². The van der Waals surface area contributed by atoms with Gasteiger partial charge in [0.2, 0.25) is 0 Å². The normalized spacial score (nSPS) is 11.5. The molecular formula is C25H31N5O2. The smallest absolute Gasteiger partial charge is 0.319 e. The van der Waals surface area contributed by atoms with Gasteiger partial charge in [0, 0.05) is 36.4 Å². The first-order valence-electron chi connectivity index (χ1n) is 10.9. The Hall–Kier alpha value is -3.61. The standard InChI is InChI=1S/C25H31N5O2/c1-5-8-20(19-9-7-12-26-16-19)29-22-14-23(28-15-17(22)3)18-10-11-21(24(13-18)32-4)30-25(31)27-6-2/h7,9-16,20H,5-6,8H2,1-4H3,(H,28,29)(H2,27,30,31)/t20-/m0/s1. The molecule has 2 aromatic heterocycles. The number of nitrogens with one attached hydrogen (secondary N) is 3. The molecule has 0 spiro atoms. The van der Waals surface area contributed by atoms with Crippen molar-refractivity contribution in [2.45, 2.75) is 39.7 Å². The average Bonchev–Trinajstić information content (AvgIpc) is 2.81. The van der Waals surface area contributed by atoms with Crippen molar-refractivity contribution in [3.8, 4) is 17.0 Å². The molecular weight excluding hydrogens is 402 g/mol. The highest BCUT2D eigenvalue weighted by Gasteiger charge is 2.14. The SMILES string of the molecule is CCC[C@H](Nc1cc(-c2ccc(NC(=O)NCC)c(OC)c2)ncc1C)c1cccnc1. The molecule has 0 unspecified atom stereocenters. The Kier molecular flexibility index (Phi) is 8.02. The summed E-state index contributed by atoms with van der Waals surface area (Å²) in [6.07, 6.45) is 7.63. The van der Waals surface area contributed by atoms with Crippen LogP contribution in [0.1, 0.15) is 43.9 Å². The number of rotatable bonds is 9. The number of carbonyl (C=O) groups is 1. The molecule has 3 N–H and O–H groups in total. The van der Waals surface area contributed by atoms with Crippen LogP contribution in [0.4, 0.5) is 16.2 Å². The fourth-order valence-electron chi connectivity index (χ4n) is 3.50. The largest absolute Gasteiger partial charge is 0.495 e. The van der Waals surface area contributed by atoms with Crippen LogP contribution in [-0.2, 0) is 0 Å². The minimum atomic E-state index is -0.268. The van der Waals surface area contributed by atoms with E-state index >= 15 is 0 Å². The van der Waals surface area contributed by atoms with E-state index < -0.39 is 0 Å². The summed E-state index contributed by atoms with van der Waals surface area (Å²) < 4.78 is 5.50. The summed E-state index contributed by atoms with van der Waals surface area (Å²) in [6.45, 7) is 6.64. The van der Waals surface area contributed by atoms with Gasteiger partial charge in [0.15, 0.2) is 0 Å². The van der Waals surface area contributed by atoms with Crippen molar-refractivity contribution in [2.24, 2.45) is 0 Å². The number of hydrogen-bond acceptors (Lipinski definition) is 5. The number of aromatic nitrogens is 2. The van der Waals surface area contributed by atoms with Gasteiger partial charge in [-0.1, -0.05) is 25.5 Å². The van der Waals surface area contributed by atoms with Crippen LogP contribution in [-0.4, -0.2) is 29.7 Å². The molecule has 0 aliphatic heterocycles. The van der Waals surface area contributed by atoms with Gasteiger partial charge in [-0.05, 0) is 55.7 Å². The summed E-state index contributed by atoms with van der Waals surface area (Å²) in [5.41, 5.74) is 5.59. The number of pyridine rings is 2. The number of nitrogens with zero attached hydrogens (tertiary/aromatic N) is 2. The highest BCUT2D eigenvalue weighted by molar-refractivity contribution is 5.91. The van der Waals surface area contributed by atoms with Crippen LogP contribution in [0, 0.1) is 6.92 Å². The molecule has 0 bridgehead atoms. The number of benzene rings is 1. The average molecular weight is 434 g/mol. The van der Waals surface area contributed by atoms with Gasteiger partial charge < -0.3 is 20.7 Å². The molecule has 0 fully saturated rings. The first-order valence-corrected chi connectivity index (χ1v) is 10.9. The Labute approximate surface area is 189 Å². The van der Waals surface area contributed by atoms with E-state index in [0.29, 0.717) is 18.0 Å². The summed E-state index contributed by atoms with van der Waals surface area (Å²) in [5, 5.41) is 9.20. The molecule has 2 amide bonds. The van der Waals surface area contributed by atoms with Gasteiger partial charge in [-0.15, -0.1) is 0 Å². The van der Waals surface area contributed by atoms with Crippen LogP contribution < -0.4 is 20.7 Å². The van der Waals surface area contributed by atoms with Gasteiger partial charge in [0.1, 0.15) is 5.75 Å². The Morgan fingerprint density at radius 2 is 1.97 bits per heavy atom. The number of methoxy groups -OCH3 is 1. The van der Waals surface area contributed by atoms with Gasteiger partial charge >= 0.3 is 6.03 Å². The zero-order valence-corrected chi connectivity index (χ0v) is 19.1. The molecule has 0 aliphatic carbocycles. The summed E-state index contributed by atoms with van der Waals surface area (Å²) in [5.74, 6) is 0.574. The minimum Gasteiger partial charge on any atom is -0.495 e. The van der Waals surface area contributed by atoms with Crippen molar-refractivity contribution in [2.75, 3.05) is 24.3 Å². The fraction of sp³-hybridized carbons (Fsp3) is 0.320. The quantitative estimate of drug-likeness (QED) is 0.411.